The van der Waals surface area contributed by atoms with Gasteiger partial charge in [0.25, 0.3) is 0 Å². The molecular formula is C29H58. The van der Waals surface area contributed by atoms with Gasteiger partial charge in [-0.2, -0.15) is 0 Å². The second-order valence-electron chi connectivity index (χ2n) is 11.3. The van der Waals surface area contributed by atoms with Gasteiger partial charge in [-0.25, -0.2) is 0 Å². The summed E-state index contributed by atoms with van der Waals surface area (Å²) in [7, 11) is 0. The lowest BCUT2D eigenvalue weighted by Crippen LogP contribution is -1.99. The smallest absolute Gasteiger partial charge is 0.0443 e. The Hall–Kier alpha value is 0. The number of hydrogen-bond acceptors (Lipinski definition) is 0. The molecule has 0 radical (unpaired) electrons. The molecule has 4 rings (SSSR count). The third-order valence-corrected chi connectivity index (χ3v) is 7.83. The monoisotopic (exact) mass is 406 g/mol. The minimum atomic E-state index is 1.03. The van der Waals surface area contributed by atoms with Gasteiger partial charge in [-0.1, -0.05) is 163 Å². The minimum Gasteiger partial charge on any atom is -0.0625 e. The molecule has 0 N–H and O–H groups in total. The van der Waals surface area contributed by atoms with Gasteiger partial charge in [0.1, 0.15) is 0 Å². The van der Waals surface area contributed by atoms with Crippen LogP contribution in [0.25, 0.3) is 0 Å². The zero-order chi connectivity index (χ0) is 21.2. The second kappa shape index (κ2) is 18.7. The van der Waals surface area contributed by atoms with Crippen LogP contribution in [0, 0.1) is 23.7 Å². The van der Waals surface area contributed by atoms with Crippen LogP contribution in [0.3, 0.4) is 0 Å². The lowest BCUT2D eigenvalue weighted by atomic mass is 9.91. The van der Waals surface area contributed by atoms with Gasteiger partial charge in [0.15, 0.2) is 0 Å². The SMILES string of the molecule is CC1CCCC1.CC1CCCCC1.CC1CCCCCC1.CC1CCCCCC1. The standard InChI is InChI=1S/2C8H16.C7H14.C6H12/c2*1-8-6-4-2-3-5-7-8;1-7-5-3-2-4-6-7;1-6-4-2-3-5-6/h2*8H,2-7H2,1H3;7H,2-6H2,1H3;6H,2-5H2,1H3. The molecule has 0 saturated heterocycles. The first kappa shape index (κ1) is 27.0. The molecular weight excluding hydrogens is 348 g/mol. The molecule has 0 heteroatoms. The second-order valence-corrected chi connectivity index (χ2v) is 11.3. The van der Waals surface area contributed by atoms with Gasteiger partial charge in [0.2, 0.25) is 0 Å². The molecule has 0 atom stereocenters. The Morgan fingerprint density at radius 2 is 0.379 bits per heavy atom. The van der Waals surface area contributed by atoms with E-state index in [1.165, 1.54) is 135 Å². The van der Waals surface area contributed by atoms with E-state index in [-0.39, 0.29) is 0 Å². The third kappa shape index (κ3) is 17.4. The van der Waals surface area contributed by atoms with Gasteiger partial charge < -0.3 is 0 Å². The van der Waals surface area contributed by atoms with E-state index in [1.54, 1.807) is 0 Å². The molecule has 0 bridgehead atoms. The van der Waals surface area contributed by atoms with Gasteiger partial charge >= 0.3 is 0 Å². The van der Waals surface area contributed by atoms with Gasteiger partial charge in [-0.05, 0) is 23.7 Å². The molecule has 29 heavy (non-hydrogen) atoms. The number of hydrogen-bond donors (Lipinski definition) is 0. The van der Waals surface area contributed by atoms with Crippen LogP contribution in [0.5, 0.6) is 0 Å². The molecule has 0 aliphatic heterocycles. The van der Waals surface area contributed by atoms with Gasteiger partial charge in [-0.3, -0.25) is 0 Å². The highest BCUT2D eigenvalue weighted by Gasteiger charge is 2.08. The maximum absolute atomic E-state index is 2.38. The van der Waals surface area contributed by atoms with Crippen LogP contribution >= 0.6 is 0 Å². The van der Waals surface area contributed by atoms with E-state index in [9.17, 15) is 0 Å². The van der Waals surface area contributed by atoms with E-state index in [1.807, 2.05) is 0 Å². The average Bonchev–Trinajstić information content (AvgIpc) is 2.93. The maximum Gasteiger partial charge on any atom is -0.0443 e. The zero-order valence-electron chi connectivity index (χ0n) is 21.2. The fourth-order valence-electron chi connectivity index (χ4n) is 5.40. The van der Waals surface area contributed by atoms with Crippen LogP contribution in [-0.2, 0) is 0 Å². The molecule has 4 saturated carbocycles. The van der Waals surface area contributed by atoms with Crippen molar-refractivity contribution in [3.63, 3.8) is 0 Å². The van der Waals surface area contributed by atoms with Crippen molar-refractivity contribution in [3.05, 3.63) is 0 Å². The summed E-state index contributed by atoms with van der Waals surface area (Å²) in [5.74, 6) is 4.13. The van der Waals surface area contributed by atoms with Crippen molar-refractivity contribution >= 4 is 0 Å². The van der Waals surface area contributed by atoms with Crippen LogP contribution < -0.4 is 0 Å². The van der Waals surface area contributed by atoms with Crippen molar-refractivity contribution in [1.29, 1.82) is 0 Å². The summed E-state index contributed by atoms with van der Waals surface area (Å²) >= 11 is 0. The van der Waals surface area contributed by atoms with Crippen molar-refractivity contribution in [1.82, 2.24) is 0 Å². The summed E-state index contributed by atoms with van der Waals surface area (Å²) in [4.78, 5) is 0. The van der Waals surface area contributed by atoms with E-state index in [2.05, 4.69) is 27.7 Å². The summed E-state index contributed by atoms with van der Waals surface area (Å²) in [5, 5.41) is 0. The van der Waals surface area contributed by atoms with E-state index >= 15 is 0 Å². The molecule has 0 unspecified atom stereocenters. The van der Waals surface area contributed by atoms with Gasteiger partial charge in [0.05, 0.1) is 0 Å². The molecule has 0 spiro atoms. The first-order valence-electron chi connectivity index (χ1n) is 14.1. The van der Waals surface area contributed by atoms with Crippen LogP contribution in [-0.4, -0.2) is 0 Å². The van der Waals surface area contributed by atoms with Crippen LogP contribution in [0.4, 0.5) is 0 Å². The van der Waals surface area contributed by atoms with Crippen LogP contribution in [0.15, 0.2) is 0 Å². The Balaban J connectivity index is 0.000000194. The largest absolute Gasteiger partial charge is 0.0625 e. The molecule has 4 aliphatic rings. The lowest BCUT2D eigenvalue weighted by molar-refractivity contribution is 0.385. The Morgan fingerprint density at radius 3 is 0.552 bits per heavy atom. The Kier molecular flexibility index (Phi) is 17.5. The number of rotatable bonds is 0. The van der Waals surface area contributed by atoms with Crippen molar-refractivity contribution < 1.29 is 0 Å². The fourth-order valence-corrected chi connectivity index (χ4v) is 5.40. The highest BCUT2D eigenvalue weighted by molar-refractivity contribution is 4.61. The molecule has 0 aromatic carbocycles. The molecule has 4 fully saturated rings. The molecule has 0 nitrogen and oxygen atoms in total. The highest BCUT2D eigenvalue weighted by atomic mass is 14.1. The minimum absolute atomic E-state index is 1.03. The predicted octanol–water partition coefficient (Wildman–Crippen LogP) is 10.7. The van der Waals surface area contributed by atoms with Crippen molar-refractivity contribution in [3.8, 4) is 0 Å². The van der Waals surface area contributed by atoms with Crippen molar-refractivity contribution in [2.45, 2.75) is 163 Å². The van der Waals surface area contributed by atoms with Gasteiger partial charge in [-0.15, -0.1) is 0 Å². The zero-order valence-corrected chi connectivity index (χ0v) is 21.2. The molecule has 0 heterocycles. The predicted molar refractivity (Wildman–Crippen MR) is 134 cm³/mol. The normalized spacial score (nSPS) is 25.2. The van der Waals surface area contributed by atoms with Crippen molar-refractivity contribution in [2.24, 2.45) is 23.7 Å². The van der Waals surface area contributed by atoms with E-state index in [0.717, 1.165) is 23.7 Å². The Bertz CT molecular complexity index is 287. The average molecular weight is 407 g/mol. The first-order chi connectivity index (χ1) is 14.1. The highest BCUT2D eigenvalue weighted by Crippen LogP contribution is 2.24. The summed E-state index contributed by atoms with van der Waals surface area (Å²) in [6.07, 6.45) is 31.2. The van der Waals surface area contributed by atoms with E-state index in [4.69, 9.17) is 0 Å². The summed E-state index contributed by atoms with van der Waals surface area (Å²) < 4.78 is 0. The summed E-state index contributed by atoms with van der Waals surface area (Å²) in [6, 6.07) is 0. The summed E-state index contributed by atoms with van der Waals surface area (Å²) in [6.45, 7) is 9.46. The molecule has 174 valence electrons. The molecule has 0 amide bonds. The van der Waals surface area contributed by atoms with Crippen LogP contribution in [0.1, 0.15) is 163 Å². The Morgan fingerprint density at radius 1 is 0.241 bits per heavy atom. The molecule has 0 aromatic heterocycles. The fraction of sp³-hybridized carbons (Fsp3) is 1.00. The van der Waals surface area contributed by atoms with Crippen molar-refractivity contribution in [2.75, 3.05) is 0 Å². The maximum atomic E-state index is 2.38. The quantitative estimate of drug-likeness (QED) is 0.351. The topological polar surface area (TPSA) is 0 Å². The lowest BCUT2D eigenvalue weighted by Gasteiger charge is -2.15. The first-order valence-corrected chi connectivity index (χ1v) is 14.1. The van der Waals surface area contributed by atoms with Gasteiger partial charge in [0, 0.05) is 0 Å². The van der Waals surface area contributed by atoms with Crippen LogP contribution in [0.2, 0.25) is 0 Å². The molecule has 0 aromatic rings. The third-order valence-electron chi connectivity index (χ3n) is 7.83. The Labute approximate surface area is 186 Å². The van der Waals surface area contributed by atoms with E-state index in [0.29, 0.717) is 0 Å². The van der Waals surface area contributed by atoms with E-state index < -0.39 is 0 Å². The molecule has 4 aliphatic carbocycles. The summed E-state index contributed by atoms with van der Waals surface area (Å²) in [5.41, 5.74) is 0.